The van der Waals surface area contributed by atoms with Crippen LogP contribution in [0.15, 0.2) is 24.3 Å². The lowest BCUT2D eigenvalue weighted by molar-refractivity contribution is -0.190. The molecule has 1 aromatic carbocycles. The zero-order valence-corrected chi connectivity index (χ0v) is 14.7. The van der Waals surface area contributed by atoms with E-state index in [0.717, 1.165) is 37.0 Å². The average molecular weight is 324 g/mol. The van der Waals surface area contributed by atoms with Gasteiger partial charge in [0.2, 0.25) is 0 Å². The van der Waals surface area contributed by atoms with Gasteiger partial charge in [0, 0.05) is 11.8 Å². The van der Waals surface area contributed by atoms with Crippen LogP contribution in [0.5, 0.6) is 0 Å². The molecule has 128 valence electrons. The van der Waals surface area contributed by atoms with Crippen LogP contribution in [0.1, 0.15) is 75.3 Å². The summed E-state index contributed by atoms with van der Waals surface area (Å²) in [5, 5.41) is 0. The number of rotatable bonds is 0. The summed E-state index contributed by atoms with van der Waals surface area (Å²) in [6, 6.07) is 9.12. The Morgan fingerprint density at radius 1 is 1.04 bits per heavy atom. The molecule has 24 heavy (non-hydrogen) atoms. The van der Waals surface area contributed by atoms with Crippen LogP contribution >= 0.6 is 0 Å². The molecule has 1 heterocycles. The quantitative estimate of drug-likeness (QED) is 0.627. The smallest absolute Gasteiger partial charge is 0.306 e. The van der Waals surface area contributed by atoms with Crippen molar-refractivity contribution in [2.24, 2.45) is 17.3 Å². The second-order valence-electron chi connectivity index (χ2n) is 8.93. The van der Waals surface area contributed by atoms with Crippen molar-refractivity contribution >= 4 is 5.97 Å². The molecule has 2 heteroatoms. The maximum atomic E-state index is 12.1. The van der Waals surface area contributed by atoms with E-state index in [0.29, 0.717) is 6.42 Å². The fraction of sp³-hybridized carbons (Fsp3) is 0.682. The average Bonchev–Trinajstić information content (AvgIpc) is 2.87. The summed E-state index contributed by atoms with van der Waals surface area (Å²) in [5.41, 5.74) is 3.27. The van der Waals surface area contributed by atoms with Gasteiger partial charge in [-0.05, 0) is 80.2 Å². The van der Waals surface area contributed by atoms with Crippen LogP contribution in [0.4, 0.5) is 0 Å². The van der Waals surface area contributed by atoms with Gasteiger partial charge in [0.05, 0.1) is 0 Å². The van der Waals surface area contributed by atoms with Gasteiger partial charge in [-0.3, -0.25) is 4.79 Å². The minimum absolute atomic E-state index is 0.0549. The van der Waals surface area contributed by atoms with Crippen molar-refractivity contribution < 1.29 is 9.53 Å². The summed E-state index contributed by atoms with van der Waals surface area (Å²) in [6.07, 6.45) is 10.2. The van der Waals surface area contributed by atoms with E-state index in [1.807, 2.05) is 0 Å². The Labute approximate surface area is 145 Å². The van der Waals surface area contributed by atoms with Gasteiger partial charge in [-0.1, -0.05) is 31.2 Å². The second kappa shape index (κ2) is 5.09. The van der Waals surface area contributed by atoms with Crippen LogP contribution in [0, 0.1) is 17.3 Å². The highest BCUT2D eigenvalue weighted by Crippen LogP contribution is 2.66. The Balaban J connectivity index is 1.50. The van der Waals surface area contributed by atoms with E-state index in [1.165, 1.54) is 32.1 Å². The molecule has 3 fully saturated rings. The first-order valence-electron chi connectivity index (χ1n) is 9.93. The summed E-state index contributed by atoms with van der Waals surface area (Å²) in [4.78, 5) is 12.1. The Morgan fingerprint density at radius 2 is 1.92 bits per heavy atom. The summed E-state index contributed by atoms with van der Waals surface area (Å²) in [5.74, 6) is 2.32. The molecule has 1 aliphatic heterocycles. The summed E-state index contributed by atoms with van der Waals surface area (Å²) >= 11 is 0. The van der Waals surface area contributed by atoms with E-state index in [-0.39, 0.29) is 17.0 Å². The molecular formula is C22H28O2. The van der Waals surface area contributed by atoms with Crippen molar-refractivity contribution in [1.82, 2.24) is 0 Å². The number of carbonyl (C=O) groups excluding carboxylic acids is 1. The monoisotopic (exact) mass is 324 g/mol. The molecule has 0 radical (unpaired) electrons. The van der Waals surface area contributed by atoms with Gasteiger partial charge < -0.3 is 4.74 Å². The molecule has 1 aromatic rings. The fourth-order valence-corrected chi connectivity index (χ4v) is 7.03. The second-order valence-corrected chi connectivity index (χ2v) is 8.93. The number of hydrogen-bond acceptors (Lipinski definition) is 2. The zero-order valence-electron chi connectivity index (χ0n) is 14.7. The van der Waals surface area contributed by atoms with E-state index in [9.17, 15) is 4.79 Å². The van der Waals surface area contributed by atoms with Gasteiger partial charge >= 0.3 is 5.97 Å². The first-order valence-corrected chi connectivity index (χ1v) is 9.93. The zero-order chi connectivity index (χ0) is 16.4. The molecule has 0 bridgehead atoms. The summed E-state index contributed by atoms with van der Waals surface area (Å²) in [6.45, 7) is 2.46. The molecule has 0 N–H and O–H groups in total. The number of carbonyl (C=O) groups is 1. The van der Waals surface area contributed by atoms with Crippen molar-refractivity contribution in [3.05, 3.63) is 35.4 Å². The molecule has 5 rings (SSSR count). The van der Waals surface area contributed by atoms with E-state index < -0.39 is 0 Å². The third-order valence-corrected chi connectivity index (χ3v) is 8.20. The standard InChI is InChI=1S/C22H28O2/c1-21-13-10-17-16-6-3-2-5-15(16)8-9-18(17)19(21)11-14-22(21)12-4-7-20(23)24-22/h2-3,5-6,17-19H,4,7-14H2,1H3/t17?,18?,19?,21?,22-/m0/s1. The van der Waals surface area contributed by atoms with E-state index in [1.54, 1.807) is 11.1 Å². The number of hydrogen-bond donors (Lipinski definition) is 0. The van der Waals surface area contributed by atoms with Crippen molar-refractivity contribution in [2.45, 2.75) is 76.2 Å². The van der Waals surface area contributed by atoms with E-state index in [4.69, 9.17) is 4.74 Å². The fourth-order valence-electron chi connectivity index (χ4n) is 7.03. The maximum Gasteiger partial charge on any atom is 0.306 e. The summed E-state index contributed by atoms with van der Waals surface area (Å²) < 4.78 is 6.12. The molecule has 0 amide bonds. The van der Waals surface area contributed by atoms with Crippen molar-refractivity contribution in [3.63, 3.8) is 0 Å². The van der Waals surface area contributed by atoms with Gasteiger partial charge in [-0.25, -0.2) is 0 Å². The van der Waals surface area contributed by atoms with Crippen molar-refractivity contribution in [1.29, 1.82) is 0 Å². The van der Waals surface area contributed by atoms with Gasteiger partial charge in [-0.2, -0.15) is 0 Å². The highest BCUT2D eigenvalue weighted by molar-refractivity contribution is 5.71. The van der Waals surface area contributed by atoms with Crippen LogP contribution < -0.4 is 0 Å². The highest BCUT2D eigenvalue weighted by atomic mass is 16.6. The minimum atomic E-state index is -0.144. The van der Waals surface area contributed by atoms with Crippen LogP contribution in [0.3, 0.4) is 0 Å². The molecule has 1 saturated heterocycles. The van der Waals surface area contributed by atoms with E-state index in [2.05, 4.69) is 31.2 Å². The largest absolute Gasteiger partial charge is 0.458 e. The molecule has 3 aliphatic carbocycles. The number of ether oxygens (including phenoxy) is 1. The molecule has 1 spiro atoms. The van der Waals surface area contributed by atoms with Crippen LogP contribution in [-0.4, -0.2) is 11.6 Å². The topological polar surface area (TPSA) is 26.3 Å². The van der Waals surface area contributed by atoms with Gasteiger partial charge in [0.15, 0.2) is 0 Å². The number of esters is 1. The normalized spacial score (nSPS) is 43.7. The lowest BCUT2D eigenvalue weighted by atomic mass is 9.52. The van der Waals surface area contributed by atoms with E-state index >= 15 is 0 Å². The van der Waals surface area contributed by atoms with Crippen molar-refractivity contribution in [2.75, 3.05) is 0 Å². The predicted octanol–water partition coefficient (Wildman–Crippen LogP) is 5.01. The Bertz CT molecular complexity index is 680. The molecule has 2 saturated carbocycles. The third kappa shape index (κ3) is 1.86. The Kier molecular flexibility index (Phi) is 3.18. The molecular weight excluding hydrogens is 296 g/mol. The molecule has 0 aromatic heterocycles. The first-order chi connectivity index (χ1) is 11.6. The summed E-state index contributed by atoms with van der Waals surface area (Å²) in [7, 11) is 0. The number of aryl methyl sites for hydroxylation is 1. The Hall–Kier alpha value is -1.31. The van der Waals surface area contributed by atoms with Crippen molar-refractivity contribution in [3.8, 4) is 0 Å². The number of benzene rings is 1. The lowest BCUT2D eigenvalue weighted by Crippen LogP contribution is -2.54. The number of fused-ring (bicyclic) bond motifs is 6. The first kappa shape index (κ1) is 15.0. The lowest BCUT2D eigenvalue weighted by Gasteiger charge is -2.55. The predicted molar refractivity (Wildman–Crippen MR) is 93.7 cm³/mol. The highest BCUT2D eigenvalue weighted by Gasteiger charge is 2.64. The Morgan fingerprint density at radius 3 is 2.79 bits per heavy atom. The van der Waals surface area contributed by atoms with Gasteiger partial charge in [0.1, 0.15) is 5.60 Å². The van der Waals surface area contributed by atoms with Crippen LogP contribution in [0.2, 0.25) is 0 Å². The molecule has 4 aliphatic rings. The van der Waals surface area contributed by atoms with Gasteiger partial charge in [-0.15, -0.1) is 0 Å². The molecule has 5 atom stereocenters. The molecule has 2 nitrogen and oxygen atoms in total. The SMILES string of the molecule is CC12CCC3c4ccccc4CCC3C1CC[C@@]21CCCC(=O)O1. The van der Waals surface area contributed by atoms with Gasteiger partial charge in [0.25, 0.3) is 0 Å². The van der Waals surface area contributed by atoms with Crippen LogP contribution in [-0.2, 0) is 16.0 Å². The maximum absolute atomic E-state index is 12.1. The minimum Gasteiger partial charge on any atom is -0.458 e. The third-order valence-electron chi connectivity index (χ3n) is 8.20. The molecule has 4 unspecified atom stereocenters. The van der Waals surface area contributed by atoms with Crippen LogP contribution in [0.25, 0.3) is 0 Å².